The van der Waals surface area contributed by atoms with Crippen molar-refractivity contribution < 1.29 is 4.74 Å². The number of benzene rings is 2. The Bertz CT molecular complexity index is 976. The molecule has 140 valence electrons. The van der Waals surface area contributed by atoms with Gasteiger partial charge < -0.3 is 4.74 Å². The second-order valence-electron chi connectivity index (χ2n) is 7.34. The van der Waals surface area contributed by atoms with E-state index in [1.54, 1.807) is 0 Å². The first-order valence-corrected chi connectivity index (χ1v) is 9.57. The van der Waals surface area contributed by atoms with Gasteiger partial charge in [0, 0.05) is 16.7 Å². The molecule has 0 saturated carbocycles. The Kier molecular flexibility index (Phi) is 5.59. The van der Waals surface area contributed by atoms with Gasteiger partial charge in [-0.05, 0) is 52.2 Å². The quantitative estimate of drug-likeness (QED) is 0.548. The summed E-state index contributed by atoms with van der Waals surface area (Å²) < 4.78 is 6.18. The molecular formula is C24H28N2O. The summed E-state index contributed by atoms with van der Waals surface area (Å²) in [6.45, 7) is 13.3. The predicted molar refractivity (Wildman–Crippen MR) is 112 cm³/mol. The van der Waals surface area contributed by atoms with Gasteiger partial charge in [0.15, 0.2) is 5.75 Å². The van der Waals surface area contributed by atoms with Crippen molar-refractivity contribution in [1.29, 1.82) is 0 Å². The summed E-state index contributed by atoms with van der Waals surface area (Å²) >= 11 is 0. The van der Waals surface area contributed by atoms with Crippen LogP contribution >= 0.6 is 0 Å². The van der Waals surface area contributed by atoms with Crippen molar-refractivity contribution in [2.75, 3.05) is 6.61 Å². The van der Waals surface area contributed by atoms with E-state index in [0.29, 0.717) is 6.61 Å². The molecule has 2 aromatic carbocycles. The van der Waals surface area contributed by atoms with E-state index in [0.717, 1.165) is 40.2 Å². The van der Waals surface area contributed by atoms with Crippen molar-refractivity contribution in [2.45, 2.75) is 48.0 Å². The Morgan fingerprint density at radius 1 is 0.741 bits per heavy atom. The van der Waals surface area contributed by atoms with Gasteiger partial charge >= 0.3 is 0 Å². The standard InChI is InChI=1S/C24H28N2O/c1-7-12-27-24-19(6)22(20-10-8-15(2)13-17(20)4)25-26-23(24)21-11-9-16(3)14-18(21)5/h8-11,13-14H,7,12H2,1-6H3. The zero-order valence-electron chi connectivity index (χ0n) is 17.2. The number of ether oxygens (including phenoxy) is 1. The molecule has 0 bridgehead atoms. The summed E-state index contributed by atoms with van der Waals surface area (Å²) in [5, 5.41) is 9.24. The van der Waals surface area contributed by atoms with Gasteiger partial charge in [0.05, 0.1) is 12.3 Å². The summed E-state index contributed by atoms with van der Waals surface area (Å²) in [4.78, 5) is 0. The minimum Gasteiger partial charge on any atom is -0.491 e. The average Bonchev–Trinajstić information content (AvgIpc) is 2.61. The van der Waals surface area contributed by atoms with Gasteiger partial charge in [-0.2, -0.15) is 0 Å². The number of nitrogens with zero attached hydrogens (tertiary/aromatic N) is 2. The summed E-state index contributed by atoms with van der Waals surface area (Å²) in [5.41, 5.74) is 9.82. The van der Waals surface area contributed by atoms with Gasteiger partial charge in [0.2, 0.25) is 0 Å². The van der Waals surface area contributed by atoms with E-state index in [4.69, 9.17) is 4.74 Å². The normalized spacial score (nSPS) is 10.9. The van der Waals surface area contributed by atoms with Gasteiger partial charge in [-0.15, -0.1) is 10.2 Å². The molecule has 0 aliphatic heterocycles. The highest BCUT2D eigenvalue weighted by molar-refractivity contribution is 5.76. The lowest BCUT2D eigenvalue weighted by atomic mass is 9.97. The fourth-order valence-electron chi connectivity index (χ4n) is 3.48. The van der Waals surface area contributed by atoms with Crippen molar-refractivity contribution in [1.82, 2.24) is 10.2 Å². The molecule has 0 saturated heterocycles. The highest BCUT2D eigenvalue weighted by Gasteiger charge is 2.19. The van der Waals surface area contributed by atoms with Crippen LogP contribution in [-0.4, -0.2) is 16.8 Å². The third kappa shape index (κ3) is 3.87. The van der Waals surface area contributed by atoms with Crippen molar-refractivity contribution in [3.8, 4) is 28.3 Å². The van der Waals surface area contributed by atoms with E-state index in [1.807, 2.05) is 0 Å². The largest absolute Gasteiger partial charge is 0.491 e. The summed E-state index contributed by atoms with van der Waals surface area (Å²) in [6.07, 6.45) is 0.951. The molecule has 0 amide bonds. The molecule has 0 aliphatic rings. The second kappa shape index (κ2) is 7.91. The Balaban J connectivity index is 2.20. The maximum atomic E-state index is 6.18. The van der Waals surface area contributed by atoms with Crippen LogP contribution in [0.3, 0.4) is 0 Å². The predicted octanol–water partition coefficient (Wildman–Crippen LogP) is 6.14. The topological polar surface area (TPSA) is 35.0 Å². The smallest absolute Gasteiger partial charge is 0.152 e. The molecule has 0 unspecified atom stereocenters. The zero-order valence-corrected chi connectivity index (χ0v) is 17.2. The lowest BCUT2D eigenvalue weighted by Gasteiger charge is -2.17. The Hall–Kier alpha value is -2.68. The van der Waals surface area contributed by atoms with Crippen molar-refractivity contribution in [2.24, 2.45) is 0 Å². The molecule has 1 aromatic heterocycles. The molecule has 1 heterocycles. The number of aryl methyl sites for hydroxylation is 4. The van der Waals surface area contributed by atoms with Gasteiger partial charge in [0.1, 0.15) is 5.69 Å². The number of hydrogen-bond donors (Lipinski definition) is 0. The van der Waals surface area contributed by atoms with Crippen LogP contribution in [0.2, 0.25) is 0 Å². The number of aromatic nitrogens is 2. The minimum absolute atomic E-state index is 0.663. The van der Waals surface area contributed by atoms with E-state index >= 15 is 0 Å². The molecule has 0 spiro atoms. The Morgan fingerprint density at radius 2 is 1.26 bits per heavy atom. The molecule has 0 radical (unpaired) electrons. The first-order valence-electron chi connectivity index (χ1n) is 9.57. The summed E-state index contributed by atoms with van der Waals surface area (Å²) in [6, 6.07) is 12.8. The zero-order chi connectivity index (χ0) is 19.6. The van der Waals surface area contributed by atoms with Crippen LogP contribution in [0.15, 0.2) is 36.4 Å². The molecule has 27 heavy (non-hydrogen) atoms. The first kappa shape index (κ1) is 19.1. The highest BCUT2D eigenvalue weighted by Crippen LogP contribution is 2.37. The highest BCUT2D eigenvalue weighted by atomic mass is 16.5. The Morgan fingerprint density at radius 3 is 1.78 bits per heavy atom. The number of rotatable bonds is 5. The van der Waals surface area contributed by atoms with E-state index in [-0.39, 0.29) is 0 Å². The maximum Gasteiger partial charge on any atom is 0.152 e. The van der Waals surface area contributed by atoms with Gasteiger partial charge in [-0.25, -0.2) is 0 Å². The van der Waals surface area contributed by atoms with Crippen LogP contribution in [0.1, 0.15) is 41.2 Å². The Labute approximate surface area is 162 Å². The molecule has 0 fully saturated rings. The van der Waals surface area contributed by atoms with Crippen LogP contribution in [0.5, 0.6) is 5.75 Å². The van der Waals surface area contributed by atoms with E-state index < -0.39 is 0 Å². The minimum atomic E-state index is 0.663. The van der Waals surface area contributed by atoms with Gasteiger partial charge in [-0.3, -0.25) is 0 Å². The second-order valence-corrected chi connectivity index (χ2v) is 7.34. The lowest BCUT2D eigenvalue weighted by Crippen LogP contribution is -2.05. The molecule has 0 aliphatic carbocycles. The third-order valence-electron chi connectivity index (χ3n) is 4.89. The molecular weight excluding hydrogens is 332 g/mol. The van der Waals surface area contributed by atoms with Crippen LogP contribution in [0.25, 0.3) is 22.5 Å². The fourth-order valence-corrected chi connectivity index (χ4v) is 3.48. The monoisotopic (exact) mass is 360 g/mol. The molecule has 3 heteroatoms. The third-order valence-corrected chi connectivity index (χ3v) is 4.89. The molecule has 3 rings (SSSR count). The van der Waals surface area contributed by atoms with Crippen LogP contribution in [0.4, 0.5) is 0 Å². The fraction of sp³-hybridized carbons (Fsp3) is 0.333. The van der Waals surface area contributed by atoms with Gasteiger partial charge in [0.25, 0.3) is 0 Å². The van der Waals surface area contributed by atoms with Crippen molar-refractivity contribution in [3.63, 3.8) is 0 Å². The molecule has 0 N–H and O–H groups in total. The molecule has 3 nitrogen and oxygen atoms in total. The maximum absolute atomic E-state index is 6.18. The summed E-state index contributed by atoms with van der Waals surface area (Å²) in [7, 11) is 0. The van der Waals surface area contributed by atoms with Crippen LogP contribution < -0.4 is 4.74 Å². The van der Waals surface area contributed by atoms with E-state index in [2.05, 4.69) is 88.1 Å². The van der Waals surface area contributed by atoms with Gasteiger partial charge in [-0.1, -0.05) is 54.4 Å². The van der Waals surface area contributed by atoms with E-state index in [9.17, 15) is 0 Å². The number of hydrogen-bond acceptors (Lipinski definition) is 3. The summed E-state index contributed by atoms with van der Waals surface area (Å²) in [5.74, 6) is 0.841. The average molecular weight is 361 g/mol. The molecule has 3 aromatic rings. The van der Waals surface area contributed by atoms with E-state index in [1.165, 1.54) is 22.3 Å². The van der Waals surface area contributed by atoms with Crippen LogP contribution in [-0.2, 0) is 0 Å². The first-order chi connectivity index (χ1) is 12.9. The molecule has 0 atom stereocenters. The SMILES string of the molecule is CCCOc1c(-c2ccc(C)cc2C)nnc(-c2ccc(C)cc2C)c1C. The van der Waals surface area contributed by atoms with Crippen LogP contribution in [0, 0.1) is 34.6 Å². The lowest BCUT2D eigenvalue weighted by molar-refractivity contribution is 0.315. The van der Waals surface area contributed by atoms with Crippen molar-refractivity contribution in [3.05, 3.63) is 64.2 Å². The van der Waals surface area contributed by atoms with Crippen molar-refractivity contribution >= 4 is 0 Å².